The van der Waals surface area contributed by atoms with E-state index < -0.39 is 10.0 Å². The Balaban J connectivity index is 2.11. The summed E-state index contributed by atoms with van der Waals surface area (Å²) in [5, 5.41) is 3.29. The van der Waals surface area contributed by atoms with Gasteiger partial charge in [0, 0.05) is 6.04 Å². The molecule has 0 aromatic heterocycles. The summed E-state index contributed by atoms with van der Waals surface area (Å²) >= 11 is 0. The van der Waals surface area contributed by atoms with E-state index in [1.165, 1.54) is 6.42 Å². The Bertz CT molecular complexity index is 298. The van der Waals surface area contributed by atoms with Crippen molar-refractivity contribution >= 4 is 10.0 Å². The maximum atomic E-state index is 11.9. The van der Waals surface area contributed by atoms with Crippen molar-refractivity contribution in [3.8, 4) is 0 Å². The molecule has 1 fully saturated rings. The van der Waals surface area contributed by atoms with Crippen LogP contribution in [-0.4, -0.2) is 33.3 Å². The van der Waals surface area contributed by atoms with Crippen molar-refractivity contribution < 1.29 is 8.42 Å². The lowest BCUT2D eigenvalue weighted by atomic mass is 9.96. The zero-order valence-corrected chi connectivity index (χ0v) is 12.4. The molecule has 0 unspecified atom stereocenters. The average molecular weight is 276 g/mol. The highest BCUT2D eigenvalue weighted by molar-refractivity contribution is 7.89. The van der Waals surface area contributed by atoms with Crippen molar-refractivity contribution in [1.29, 1.82) is 0 Å². The fourth-order valence-corrected chi connectivity index (χ4v) is 3.82. The van der Waals surface area contributed by atoms with Gasteiger partial charge in [-0.15, -0.1) is 0 Å². The molecule has 0 aromatic rings. The molecular formula is C13H28N2O2S. The Kier molecular flexibility index (Phi) is 7.86. The highest BCUT2D eigenvalue weighted by atomic mass is 32.2. The molecule has 0 atom stereocenters. The molecule has 18 heavy (non-hydrogen) atoms. The van der Waals surface area contributed by atoms with Crippen LogP contribution in [0.5, 0.6) is 0 Å². The summed E-state index contributed by atoms with van der Waals surface area (Å²) in [5.74, 6) is 0.275. The predicted octanol–water partition coefficient (Wildman–Crippen LogP) is 2.02. The zero-order chi connectivity index (χ0) is 13.3. The molecule has 1 aliphatic carbocycles. The highest BCUT2D eigenvalue weighted by Gasteiger charge is 2.19. The van der Waals surface area contributed by atoms with E-state index >= 15 is 0 Å². The number of sulfonamides is 1. The molecule has 4 nitrogen and oxygen atoms in total. The van der Waals surface area contributed by atoms with Crippen molar-refractivity contribution in [3.63, 3.8) is 0 Å². The van der Waals surface area contributed by atoms with Gasteiger partial charge in [-0.3, -0.25) is 0 Å². The van der Waals surface area contributed by atoms with Crippen LogP contribution in [0.4, 0.5) is 0 Å². The minimum Gasteiger partial charge on any atom is -0.317 e. The van der Waals surface area contributed by atoms with Gasteiger partial charge in [-0.1, -0.05) is 26.2 Å². The summed E-state index contributed by atoms with van der Waals surface area (Å²) in [7, 11) is -3.05. The van der Waals surface area contributed by atoms with Gasteiger partial charge in [-0.25, -0.2) is 13.1 Å². The molecule has 0 heterocycles. The van der Waals surface area contributed by atoms with Crippen molar-refractivity contribution in [2.24, 2.45) is 0 Å². The van der Waals surface area contributed by atoms with Crippen LogP contribution in [-0.2, 0) is 10.0 Å². The van der Waals surface area contributed by atoms with E-state index in [1.807, 2.05) is 0 Å². The van der Waals surface area contributed by atoms with Gasteiger partial charge in [0.15, 0.2) is 0 Å². The van der Waals surface area contributed by atoms with Crippen molar-refractivity contribution in [2.45, 2.75) is 64.3 Å². The van der Waals surface area contributed by atoms with Gasteiger partial charge in [0.25, 0.3) is 0 Å². The first-order valence-corrected chi connectivity index (χ1v) is 9.00. The number of nitrogens with one attached hydrogen (secondary N) is 2. The summed E-state index contributed by atoms with van der Waals surface area (Å²) in [6, 6.07) is 0.196. The largest absolute Gasteiger partial charge is 0.317 e. The first-order valence-electron chi connectivity index (χ1n) is 7.35. The lowest BCUT2D eigenvalue weighted by Crippen LogP contribution is -2.37. The van der Waals surface area contributed by atoms with E-state index in [0.717, 1.165) is 58.0 Å². The molecule has 1 rings (SSSR count). The summed E-state index contributed by atoms with van der Waals surface area (Å²) in [5.41, 5.74) is 0. The van der Waals surface area contributed by atoms with Gasteiger partial charge < -0.3 is 5.32 Å². The molecule has 5 heteroatoms. The van der Waals surface area contributed by atoms with Gasteiger partial charge >= 0.3 is 0 Å². The summed E-state index contributed by atoms with van der Waals surface area (Å²) in [6.45, 7) is 4.07. The smallest absolute Gasteiger partial charge is 0.211 e. The van der Waals surface area contributed by atoms with Crippen LogP contribution in [0.1, 0.15) is 58.3 Å². The molecule has 0 spiro atoms. The van der Waals surface area contributed by atoms with Crippen LogP contribution in [0.25, 0.3) is 0 Å². The number of rotatable bonds is 9. The van der Waals surface area contributed by atoms with Gasteiger partial charge in [0.05, 0.1) is 5.75 Å². The highest BCUT2D eigenvalue weighted by Crippen LogP contribution is 2.18. The third-order valence-corrected chi connectivity index (χ3v) is 4.91. The van der Waals surface area contributed by atoms with Crippen molar-refractivity contribution in [1.82, 2.24) is 10.0 Å². The SMILES string of the molecule is CCCNCCCCS(=O)(=O)NC1CCCCC1. The molecule has 0 aromatic carbocycles. The lowest BCUT2D eigenvalue weighted by molar-refractivity contribution is 0.411. The van der Waals surface area contributed by atoms with Crippen LogP contribution in [0.2, 0.25) is 0 Å². The second kappa shape index (κ2) is 8.88. The first-order chi connectivity index (χ1) is 8.64. The monoisotopic (exact) mass is 276 g/mol. The Morgan fingerprint density at radius 2 is 1.78 bits per heavy atom. The van der Waals surface area contributed by atoms with Crippen LogP contribution in [0.15, 0.2) is 0 Å². The molecule has 0 bridgehead atoms. The standard InChI is InChI=1S/C13H28N2O2S/c1-2-10-14-11-6-7-12-18(16,17)15-13-8-4-3-5-9-13/h13-15H,2-12H2,1H3. The Morgan fingerprint density at radius 1 is 1.06 bits per heavy atom. The molecule has 0 saturated heterocycles. The van der Waals surface area contributed by atoms with Gasteiger partial charge in [-0.2, -0.15) is 0 Å². The maximum absolute atomic E-state index is 11.9. The summed E-state index contributed by atoms with van der Waals surface area (Å²) < 4.78 is 26.6. The molecule has 1 saturated carbocycles. The Labute approximate surface area is 112 Å². The van der Waals surface area contributed by atoms with Gasteiger partial charge in [0.1, 0.15) is 0 Å². The molecular weight excluding hydrogens is 248 g/mol. The van der Waals surface area contributed by atoms with E-state index in [9.17, 15) is 8.42 Å². The number of hydrogen-bond donors (Lipinski definition) is 2. The molecule has 108 valence electrons. The number of unbranched alkanes of at least 4 members (excludes halogenated alkanes) is 1. The molecule has 0 aliphatic heterocycles. The van der Waals surface area contributed by atoms with E-state index in [-0.39, 0.29) is 11.8 Å². The summed E-state index contributed by atoms with van der Waals surface area (Å²) in [6.07, 6.45) is 8.41. The minimum absolute atomic E-state index is 0.196. The zero-order valence-electron chi connectivity index (χ0n) is 11.6. The second-order valence-electron chi connectivity index (χ2n) is 5.23. The first kappa shape index (κ1) is 15.9. The average Bonchev–Trinajstić information content (AvgIpc) is 2.34. The van der Waals surface area contributed by atoms with Crippen molar-refractivity contribution in [3.05, 3.63) is 0 Å². The van der Waals surface area contributed by atoms with Gasteiger partial charge in [-0.05, 0) is 45.2 Å². The third kappa shape index (κ3) is 7.34. The molecule has 0 radical (unpaired) electrons. The van der Waals surface area contributed by atoms with Crippen LogP contribution in [0.3, 0.4) is 0 Å². The Morgan fingerprint density at radius 3 is 2.44 bits per heavy atom. The minimum atomic E-state index is -3.05. The van der Waals surface area contributed by atoms with E-state index in [1.54, 1.807) is 0 Å². The fraction of sp³-hybridized carbons (Fsp3) is 1.00. The Hall–Kier alpha value is -0.130. The van der Waals surface area contributed by atoms with E-state index in [4.69, 9.17) is 0 Å². The maximum Gasteiger partial charge on any atom is 0.211 e. The van der Waals surface area contributed by atoms with Gasteiger partial charge in [0.2, 0.25) is 10.0 Å². The van der Waals surface area contributed by atoms with Crippen LogP contribution in [0, 0.1) is 0 Å². The lowest BCUT2D eigenvalue weighted by Gasteiger charge is -2.22. The van der Waals surface area contributed by atoms with E-state index in [2.05, 4.69) is 17.0 Å². The predicted molar refractivity (Wildman–Crippen MR) is 76.2 cm³/mol. The summed E-state index contributed by atoms with van der Waals surface area (Å²) in [4.78, 5) is 0. The second-order valence-corrected chi connectivity index (χ2v) is 7.10. The molecule has 1 aliphatic rings. The van der Waals surface area contributed by atoms with E-state index in [0.29, 0.717) is 0 Å². The van der Waals surface area contributed by atoms with Crippen LogP contribution >= 0.6 is 0 Å². The fourth-order valence-electron chi connectivity index (χ4n) is 2.38. The normalized spacial score (nSPS) is 18.1. The van der Waals surface area contributed by atoms with Crippen molar-refractivity contribution in [2.75, 3.05) is 18.8 Å². The topological polar surface area (TPSA) is 58.2 Å². The number of hydrogen-bond acceptors (Lipinski definition) is 3. The molecule has 0 amide bonds. The molecule has 2 N–H and O–H groups in total. The quantitative estimate of drug-likeness (QED) is 0.633. The van der Waals surface area contributed by atoms with Crippen LogP contribution < -0.4 is 10.0 Å². The third-order valence-electron chi connectivity index (χ3n) is 3.39.